The molecule has 1 aromatic heterocycles. The van der Waals surface area contributed by atoms with Gasteiger partial charge in [0.15, 0.2) is 0 Å². The Morgan fingerprint density at radius 2 is 2.06 bits per heavy atom. The van der Waals surface area contributed by atoms with Crippen molar-refractivity contribution in [3.63, 3.8) is 0 Å². The van der Waals surface area contributed by atoms with E-state index in [9.17, 15) is 13.2 Å². The van der Waals surface area contributed by atoms with Crippen LogP contribution in [0, 0.1) is 0 Å². The van der Waals surface area contributed by atoms with E-state index < -0.39 is 18.8 Å². The van der Waals surface area contributed by atoms with E-state index in [1.165, 1.54) is 16.2 Å². The van der Waals surface area contributed by atoms with Gasteiger partial charge in [0.2, 0.25) is 0 Å². The van der Waals surface area contributed by atoms with Gasteiger partial charge in [-0.2, -0.15) is 13.2 Å². The molecule has 2 nitrogen and oxygen atoms in total. The second-order valence-corrected chi connectivity index (χ2v) is 5.17. The van der Waals surface area contributed by atoms with E-state index in [0.29, 0.717) is 0 Å². The molecule has 0 saturated carbocycles. The molecule has 0 bridgehead atoms. The molecule has 1 aromatic rings. The van der Waals surface area contributed by atoms with Crippen LogP contribution in [0.2, 0.25) is 0 Å². The second-order valence-electron chi connectivity index (χ2n) is 4.14. The molecule has 0 fully saturated rings. The summed E-state index contributed by atoms with van der Waals surface area (Å²) in [5.41, 5.74) is 5.27. The van der Waals surface area contributed by atoms with Crippen molar-refractivity contribution in [2.75, 3.05) is 6.54 Å². The molecule has 0 aliphatic heterocycles. The third-order valence-corrected chi connectivity index (χ3v) is 3.44. The summed E-state index contributed by atoms with van der Waals surface area (Å²) in [4.78, 5) is 2.31. The van der Waals surface area contributed by atoms with Crippen molar-refractivity contribution >= 4 is 11.3 Å². The summed E-state index contributed by atoms with van der Waals surface area (Å²) in [5, 5.41) is 1.86. The number of halogens is 3. The van der Waals surface area contributed by atoms with Crippen molar-refractivity contribution < 1.29 is 13.2 Å². The summed E-state index contributed by atoms with van der Waals surface area (Å²) in [6.45, 7) is 3.38. The van der Waals surface area contributed by atoms with Crippen molar-refractivity contribution in [1.29, 1.82) is 0 Å². The third-order valence-electron chi connectivity index (χ3n) is 2.58. The van der Waals surface area contributed by atoms with Crippen molar-refractivity contribution in [2.45, 2.75) is 38.7 Å². The van der Waals surface area contributed by atoms with Gasteiger partial charge >= 0.3 is 6.18 Å². The molecule has 1 atom stereocenters. The summed E-state index contributed by atoms with van der Waals surface area (Å²) >= 11 is 1.46. The molecule has 0 spiro atoms. The van der Waals surface area contributed by atoms with Gasteiger partial charge in [-0.15, -0.1) is 11.3 Å². The molecule has 1 rings (SSSR count). The van der Waals surface area contributed by atoms with Crippen LogP contribution in [0.3, 0.4) is 0 Å². The molecule has 2 N–H and O–H groups in total. The molecule has 6 heteroatoms. The number of nitrogens with zero attached hydrogens (tertiary/aromatic N) is 1. The van der Waals surface area contributed by atoms with Gasteiger partial charge in [0.1, 0.15) is 6.04 Å². The fourth-order valence-electron chi connectivity index (χ4n) is 1.69. The van der Waals surface area contributed by atoms with Crippen LogP contribution >= 0.6 is 11.3 Å². The fourth-order valence-corrected chi connectivity index (χ4v) is 2.40. The van der Waals surface area contributed by atoms with Crippen LogP contribution in [0.5, 0.6) is 0 Å². The summed E-state index contributed by atoms with van der Waals surface area (Å²) in [5.74, 6) is 0. The van der Waals surface area contributed by atoms with Crippen LogP contribution in [-0.2, 0) is 6.54 Å². The molecule has 1 heterocycles. The summed E-state index contributed by atoms with van der Waals surface area (Å²) < 4.78 is 38.5. The molecule has 0 amide bonds. The first-order valence-corrected chi connectivity index (χ1v) is 6.29. The lowest BCUT2D eigenvalue weighted by molar-refractivity contribution is -0.187. The molecule has 0 radical (unpaired) electrons. The van der Waals surface area contributed by atoms with Gasteiger partial charge in [-0.3, -0.25) is 4.90 Å². The zero-order valence-corrected chi connectivity index (χ0v) is 10.7. The van der Waals surface area contributed by atoms with Crippen LogP contribution in [-0.4, -0.2) is 29.7 Å². The van der Waals surface area contributed by atoms with Gasteiger partial charge in [-0.05, 0) is 25.3 Å². The molecular weight excluding hydrogens is 249 g/mol. The van der Waals surface area contributed by atoms with E-state index >= 15 is 0 Å². The Bertz CT molecular complexity index is 322. The highest BCUT2D eigenvalue weighted by atomic mass is 32.1. The molecule has 17 heavy (non-hydrogen) atoms. The summed E-state index contributed by atoms with van der Waals surface area (Å²) in [7, 11) is 0. The molecule has 98 valence electrons. The zero-order valence-electron chi connectivity index (χ0n) is 9.87. The van der Waals surface area contributed by atoms with Crippen LogP contribution in [0.25, 0.3) is 0 Å². The van der Waals surface area contributed by atoms with E-state index in [0.717, 1.165) is 4.88 Å². The Balaban J connectivity index is 2.84. The van der Waals surface area contributed by atoms with Crippen molar-refractivity contribution in [2.24, 2.45) is 5.73 Å². The molecule has 0 aliphatic carbocycles. The minimum atomic E-state index is -4.28. The molecule has 0 saturated heterocycles. The van der Waals surface area contributed by atoms with Crippen molar-refractivity contribution in [1.82, 2.24) is 4.90 Å². The second kappa shape index (κ2) is 5.84. The third kappa shape index (κ3) is 3.97. The first-order chi connectivity index (χ1) is 7.86. The quantitative estimate of drug-likeness (QED) is 0.888. The standard InChI is InChI=1S/C11H17F3N2S/c1-8(2)16(7-9-4-3-5-17-9)10(6-15)11(12,13)14/h3-5,8,10H,6-7,15H2,1-2H3. The van der Waals surface area contributed by atoms with Crippen LogP contribution in [0.1, 0.15) is 18.7 Å². The lowest BCUT2D eigenvalue weighted by atomic mass is 10.1. The highest BCUT2D eigenvalue weighted by Crippen LogP contribution is 2.27. The predicted octanol–water partition coefficient (Wildman–Crippen LogP) is 2.85. The molecule has 0 aliphatic rings. The Kier molecular flexibility index (Phi) is 4.97. The number of hydrogen-bond acceptors (Lipinski definition) is 3. The summed E-state index contributed by atoms with van der Waals surface area (Å²) in [6.07, 6.45) is -4.28. The average Bonchev–Trinajstić information content (AvgIpc) is 2.67. The SMILES string of the molecule is CC(C)N(Cc1cccs1)C(CN)C(F)(F)F. The topological polar surface area (TPSA) is 29.3 Å². The Labute approximate surface area is 103 Å². The lowest BCUT2D eigenvalue weighted by Crippen LogP contribution is -2.52. The normalized spacial score (nSPS) is 14.6. The number of alkyl halides is 3. The maximum Gasteiger partial charge on any atom is 0.405 e. The van der Waals surface area contributed by atoms with Gasteiger partial charge in [-0.1, -0.05) is 6.07 Å². The predicted molar refractivity (Wildman–Crippen MR) is 63.9 cm³/mol. The highest BCUT2D eigenvalue weighted by molar-refractivity contribution is 7.09. The van der Waals surface area contributed by atoms with Crippen molar-refractivity contribution in [3.05, 3.63) is 22.4 Å². The van der Waals surface area contributed by atoms with E-state index in [-0.39, 0.29) is 12.6 Å². The largest absolute Gasteiger partial charge is 0.405 e. The maximum atomic E-state index is 12.8. The average molecular weight is 266 g/mol. The number of hydrogen-bond donors (Lipinski definition) is 1. The number of rotatable bonds is 5. The van der Waals surface area contributed by atoms with E-state index in [4.69, 9.17) is 5.73 Å². The molecule has 1 unspecified atom stereocenters. The number of nitrogens with two attached hydrogens (primary N) is 1. The van der Waals surface area contributed by atoms with Crippen LogP contribution in [0.4, 0.5) is 13.2 Å². The lowest BCUT2D eigenvalue weighted by Gasteiger charge is -2.35. The monoisotopic (exact) mass is 266 g/mol. The van der Waals surface area contributed by atoms with Gasteiger partial charge in [0.05, 0.1) is 0 Å². The van der Waals surface area contributed by atoms with E-state index in [1.54, 1.807) is 13.8 Å². The first-order valence-electron chi connectivity index (χ1n) is 5.41. The molecule has 0 aromatic carbocycles. The van der Waals surface area contributed by atoms with E-state index in [2.05, 4.69) is 0 Å². The van der Waals surface area contributed by atoms with Crippen LogP contribution in [0.15, 0.2) is 17.5 Å². The van der Waals surface area contributed by atoms with E-state index in [1.807, 2.05) is 17.5 Å². The zero-order chi connectivity index (χ0) is 13.1. The minimum absolute atomic E-state index is 0.202. The first kappa shape index (κ1) is 14.5. The highest BCUT2D eigenvalue weighted by Gasteiger charge is 2.43. The molecular formula is C11H17F3N2S. The van der Waals surface area contributed by atoms with Crippen molar-refractivity contribution in [3.8, 4) is 0 Å². The minimum Gasteiger partial charge on any atom is -0.329 e. The smallest absolute Gasteiger partial charge is 0.329 e. The number of thiophene rings is 1. The maximum absolute atomic E-state index is 12.8. The van der Waals surface area contributed by atoms with Gasteiger partial charge in [0.25, 0.3) is 0 Å². The van der Waals surface area contributed by atoms with Gasteiger partial charge < -0.3 is 5.73 Å². The van der Waals surface area contributed by atoms with Crippen LogP contribution < -0.4 is 5.73 Å². The van der Waals surface area contributed by atoms with Gasteiger partial charge in [0, 0.05) is 24.0 Å². The van der Waals surface area contributed by atoms with Gasteiger partial charge in [-0.25, -0.2) is 0 Å². The summed E-state index contributed by atoms with van der Waals surface area (Å²) in [6, 6.07) is 1.89. The Morgan fingerprint density at radius 3 is 2.41 bits per heavy atom. The fraction of sp³-hybridized carbons (Fsp3) is 0.636. The Hall–Kier alpha value is -0.590. The Morgan fingerprint density at radius 1 is 1.41 bits per heavy atom.